The van der Waals surface area contributed by atoms with E-state index in [0.717, 1.165) is 27.6 Å². The maximum absolute atomic E-state index is 12.7. The molecule has 0 saturated carbocycles. The molecular weight excluding hydrogens is 442 g/mol. The summed E-state index contributed by atoms with van der Waals surface area (Å²) in [6, 6.07) is 10.8. The van der Waals surface area contributed by atoms with Crippen LogP contribution in [0.5, 0.6) is 0 Å². The quantitative estimate of drug-likeness (QED) is 0.605. The number of anilines is 1. The van der Waals surface area contributed by atoms with Crippen LogP contribution in [0.4, 0.5) is 5.69 Å². The van der Waals surface area contributed by atoms with Crippen LogP contribution in [0.25, 0.3) is 11.3 Å². The van der Waals surface area contributed by atoms with E-state index in [0.29, 0.717) is 36.9 Å². The van der Waals surface area contributed by atoms with Crippen molar-refractivity contribution in [1.82, 2.24) is 9.29 Å². The minimum absolute atomic E-state index is 0.121. The molecule has 0 radical (unpaired) electrons. The average Bonchev–Trinajstić information content (AvgIpc) is 3.39. The molecule has 0 bridgehead atoms. The van der Waals surface area contributed by atoms with Crippen LogP contribution in [0.2, 0.25) is 0 Å². The molecular formula is C20H21N3O4S3. The van der Waals surface area contributed by atoms with Gasteiger partial charge in [-0.3, -0.25) is 4.79 Å². The van der Waals surface area contributed by atoms with Crippen molar-refractivity contribution in [2.75, 3.05) is 31.6 Å². The summed E-state index contributed by atoms with van der Waals surface area (Å²) in [6.07, 6.45) is 0.121. The average molecular weight is 464 g/mol. The van der Waals surface area contributed by atoms with Gasteiger partial charge < -0.3 is 10.1 Å². The summed E-state index contributed by atoms with van der Waals surface area (Å²) in [6.45, 7) is 3.48. The highest BCUT2D eigenvalue weighted by Crippen LogP contribution is 2.27. The van der Waals surface area contributed by atoms with Crippen molar-refractivity contribution in [3.8, 4) is 11.3 Å². The van der Waals surface area contributed by atoms with Gasteiger partial charge in [0.2, 0.25) is 5.91 Å². The Hall–Kier alpha value is -2.11. The lowest BCUT2D eigenvalue weighted by Crippen LogP contribution is -2.40. The zero-order valence-corrected chi connectivity index (χ0v) is 18.8. The number of ether oxygens (including phenoxy) is 1. The lowest BCUT2D eigenvalue weighted by Gasteiger charge is -2.25. The molecule has 0 unspecified atom stereocenters. The highest BCUT2D eigenvalue weighted by molar-refractivity contribution is 7.91. The molecule has 1 N–H and O–H groups in total. The minimum atomic E-state index is -3.53. The SMILES string of the molecule is Cc1nc(-c2ccc(NC(=O)Cc3ccc(S(=O)(=O)N4CCOCC4)s3)cc2)cs1. The molecule has 3 aromatic rings. The van der Waals surface area contributed by atoms with Crippen molar-refractivity contribution in [2.24, 2.45) is 0 Å². The van der Waals surface area contributed by atoms with Gasteiger partial charge in [-0.2, -0.15) is 4.31 Å². The second-order valence-electron chi connectivity index (χ2n) is 6.79. The number of carbonyl (C=O) groups is 1. The van der Waals surface area contributed by atoms with Gasteiger partial charge in [0.05, 0.1) is 30.3 Å². The highest BCUT2D eigenvalue weighted by Gasteiger charge is 2.27. The summed E-state index contributed by atoms with van der Waals surface area (Å²) in [7, 11) is -3.53. The van der Waals surface area contributed by atoms with Gasteiger partial charge in [0.15, 0.2) is 0 Å². The van der Waals surface area contributed by atoms with Crippen LogP contribution in [-0.4, -0.2) is 49.9 Å². The van der Waals surface area contributed by atoms with Gasteiger partial charge >= 0.3 is 0 Å². The number of aromatic nitrogens is 1. The number of morpholine rings is 1. The second-order valence-corrected chi connectivity index (χ2v) is 11.2. The molecule has 2 aromatic heterocycles. The Morgan fingerprint density at radius 3 is 2.57 bits per heavy atom. The smallest absolute Gasteiger partial charge is 0.252 e. The number of amides is 1. The van der Waals surface area contributed by atoms with Crippen LogP contribution in [0.3, 0.4) is 0 Å². The van der Waals surface area contributed by atoms with Crippen LogP contribution in [0.15, 0.2) is 46.0 Å². The molecule has 0 atom stereocenters. The van der Waals surface area contributed by atoms with E-state index in [1.54, 1.807) is 23.5 Å². The van der Waals surface area contributed by atoms with Gasteiger partial charge in [0, 0.05) is 34.6 Å². The fourth-order valence-electron chi connectivity index (χ4n) is 3.09. The molecule has 10 heteroatoms. The summed E-state index contributed by atoms with van der Waals surface area (Å²) >= 11 is 2.73. The van der Waals surface area contributed by atoms with Crippen molar-refractivity contribution < 1.29 is 17.9 Å². The molecule has 3 heterocycles. The zero-order chi connectivity index (χ0) is 21.1. The van der Waals surface area contributed by atoms with Crippen LogP contribution in [0, 0.1) is 6.92 Å². The number of hydrogen-bond acceptors (Lipinski definition) is 7. The summed E-state index contributed by atoms with van der Waals surface area (Å²) in [5, 5.41) is 5.87. The fraction of sp³-hybridized carbons (Fsp3) is 0.300. The first-order valence-corrected chi connectivity index (χ1v) is 12.5. The largest absolute Gasteiger partial charge is 0.379 e. The number of carbonyl (C=O) groups excluding carboxylic acids is 1. The monoisotopic (exact) mass is 463 g/mol. The van der Waals surface area contributed by atoms with Gasteiger partial charge in [-0.1, -0.05) is 12.1 Å². The van der Waals surface area contributed by atoms with E-state index in [1.807, 2.05) is 36.6 Å². The number of hydrogen-bond donors (Lipinski definition) is 1. The fourth-order valence-corrected chi connectivity index (χ4v) is 6.63. The van der Waals surface area contributed by atoms with E-state index in [1.165, 1.54) is 4.31 Å². The molecule has 1 aliphatic heterocycles. The summed E-state index contributed by atoms with van der Waals surface area (Å²) in [5.74, 6) is -0.190. The summed E-state index contributed by atoms with van der Waals surface area (Å²) in [4.78, 5) is 17.6. The van der Waals surface area contributed by atoms with E-state index in [-0.39, 0.29) is 16.5 Å². The maximum Gasteiger partial charge on any atom is 0.252 e. The normalized spacial score (nSPS) is 15.2. The van der Waals surface area contributed by atoms with E-state index in [9.17, 15) is 13.2 Å². The predicted octanol–water partition coefficient (Wildman–Crippen LogP) is 3.38. The van der Waals surface area contributed by atoms with Gasteiger partial charge in [0.25, 0.3) is 10.0 Å². The van der Waals surface area contributed by atoms with Crippen molar-refractivity contribution in [3.05, 3.63) is 51.7 Å². The number of thiazole rings is 1. The number of thiophene rings is 1. The van der Waals surface area contributed by atoms with Crippen molar-refractivity contribution in [2.45, 2.75) is 17.6 Å². The third-order valence-electron chi connectivity index (χ3n) is 4.62. The van der Waals surface area contributed by atoms with Crippen LogP contribution >= 0.6 is 22.7 Å². The maximum atomic E-state index is 12.7. The number of rotatable bonds is 6. The van der Waals surface area contributed by atoms with Crippen LogP contribution in [0.1, 0.15) is 9.88 Å². The minimum Gasteiger partial charge on any atom is -0.379 e. The Kier molecular flexibility index (Phi) is 6.30. The zero-order valence-electron chi connectivity index (χ0n) is 16.3. The summed E-state index contributed by atoms with van der Waals surface area (Å²) in [5.41, 5.74) is 2.60. The molecule has 158 valence electrons. The molecule has 1 aliphatic rings. The number of benzene rings is 1. The Morgan fingerprint density at radius 1 is 1.17 bits per heavy atom. The molecule has 1 fully saturated rings. The lowest BCUT2D eigenvalue weighted by molar-refractivity contribution is -0.115. The lowest BCUT2D eigenvalue weighted by atomic mass is 10.1. The Bertz CT molecular complexity index is 1130. The molecule has 0 spiro atoms. The van der Waals surface area contributed by atoms with Crippen molar-refractivity contribution >= 4 is 44.3 Å². The van der Waals surface area contributed by atoms with E-state index >= 15 is 0 Å². The molecule has 1 aromatic carbocycles. The Labute approximate surface area is 183 Å². The number of aryl methyl sites for hydroxylation is 1. The highest BCUT2D eigenvalue weighted by atomic mass is 32.2. The Morgan fingerprint density at radius 2 is 1.90 bits per heavy atom. The standard InChI is InChI=1S/C20H21N3O4S3/c1-14-21-18(13-28-14)15-2-4-16(5-3-15)22-19(24)12-17-6-7-20(29-17)30(25,26)23-8-10-27-11-9-23/h2-7,13H,8-12H2,1H3,(H,22,24). The number of sulfonamides is 1. The number of nitrogens with zero attached hydrogens (tertiary/aromatic N) is 2. The van der Waals surface area contributed by atoms with Gasteiger partial charge in [-0.15, -0.1) is 22.7 Å². The molecule has 4 rings (SSSR count). The third kappa shape index (κ3) is 4.79. The molecule has 30 heavy (non-hydrogen) atoms. The van der Waals surface area contributed by atoms with Crippen molar-refractivity contribution in [3.63, 3.8) is 0 Å². The van der Waals surface area contributed by atoms with Gasteiger partial charge in [-0.05, 0) is 31.2 Å². The Balaban J connectivity index is 1.37. The molecule has 1 amide bonds. The van der Waals surface area contributed by atoms with Crippen LogP contribution < -0.4 is 5.32 Å². The van der Waals surface area contributed by atoms with Gasteiger partial charge in [0.1, 0.15) is 4.21 Å². The van der Waals surface area contributed by atoms with E-state index in [4.69, 9.17) is 4.74 Å². The van der Waals surface area contributed by atoms with Crippen molar-refractivity contribution in [1.29, 1.82) is 0 Å². The van der Waals surface area contributed by atoms with E-state index in [2.05, 4.69) is 10.3 Å². The molecule has 1 saturated heterocycles. The van der Waals surface area contributed by atoms with E-state index < -0.39 is 10.0 Å². The molecule has 0 aliphatic carbocycles. The first kappa shape index (κ1) is 21.1. The number of nitrogens with one attached hydrogen (secondary N) is 1. The topological polar surface area (TPSA) is 88.6 Å². The first-order chi connectivity index (χ1) is 14.4. The van der Waals surface area contributed by atoms with Crippen LogP contribution in [-0.2, 0) is 26.0 Å². The second kappa shape index (κ2) is 8.94. The predicted molar refractivity (Wildman–Crippen MR) is 119 cm³/mol. The van der Waals surface area contributed by atoms with Gasteiger partial charge in [-0.25, -0.2) is 13.4 Å². The molecule has 7 nitrogen and oxygen atoms in total. The summed E-state index contributed by atoms with van der Waals surface area (Å²) < 4.78 is 32.3. The third-order valence-corrected chi connectivity index (χ3v) is 8.84. The first-order valence-electron chi connectivity index (χ1n) is 9.41.